The number of nitro groups is 1. The van der Waals surface area contributed by atoms with E-state index in [2.05, 4.69) is 118 Å². The molecule has 0 N–H and O–H groups in total. The number of nitrogens with zero attached hydrogens (tertiary/aromatic N) is 3. The fraction of sp³-hybridized carbons (Fsp3) is 0.667. The molecule has 0 bridgehead atoms. The quantitative estimate of drug-likeness (QED) is 0.0167. The number of halogens is 1. The van der Waals surface area contributed by atoms with Crippen LogP contribution in [0.4, 0.5) is 17.1 Å². The molecule has 2 aliphatic heterocycles. The lowest BCUT2D eigenvalue weighted by Gasteiger charge is -2.27. The van der Waals surface area contributed by atoms with Gasteiger partial charge in [-0.1, -0.05) is 262 Å². The smallest absolute Gasteiger partial charge is 0.269 e. The topological polar surface area (TPSA) is 49.4 Å². The molecular weight excluding hydrogens is 958 g/mol. The molecule has 6 heteroatoms. The average molecular weight is 1060 g/mol. The summed E-state index contributed by atoms with van der Waals surface area (Å²) < 4.78 is 2.59. The first-order valence-corrected chi connectivity index (χ1v) is 28.7. The maximum Gasteiger partial charge on any atom is 0.269 e. The fourth-order valence-corrected chi connectivity index (χ4v) is 11.0. The minimum Gasteiger partial charge on any atom is -1.00 e. The summed E-state index contributed by atoms with van der Waals surface area (Å²) in [6.07, 6.45) is 59.4. The Morgan fingerprint density at radius 3 is 1.45 bits per heavy atom. The lowest BCUT2D eigenvalue weighted by molar-refractivity contribution is -0.438. The SMILES string of the molecule is CCCCCCCCCCCCCCCCCCCCCC[N+]1=C(/C=C/C=C/C=C/C=C2\N(CCCCCCCCCCCCCC)c3ccc([N+](=O)[O-])cc3C2(C)C)C(C)(C)c2ccccc21.[I-]. The van der Waals surface area contributed by atoms with Crippen molar-refractivity contribution in [3.8, 4) is 0 Å². The molecule has 2 aromatic rings. The summed E-state index contributed by atoms with van der Waals surface area (Å²) in [5.41, 5.74) is 7.30. The van der Waals surface area contributed by atoms with Crippen LogP contribution >= 0.6 is 0 Å². The second-order valence-corrected chi connectivity index (χ2v) is 21.7. The third kappa shape index (κ3) is 20.9. The van der Waals surface area contributed by atoms with Gasteiger partial charge < -0.3 is 28.9 Å². The van der Waals surface area contributed by atoms with Gasteiger partial charge in [0.25, 0.3) is 5.69 Å². The van der Waals surface area contributed by atoms with Crippen molar-refractivity contribution in [2.75, 3.05) is 18.0 Å². The third-order valence-corrected chi connectivity index (χ3v) is 15.3. The molecule has 0 amide bonds. The Hall–Kier alpha value is -3.00. The van der Waals surface area contributed by atoms with Gasteiger partial charge in [-0.3, -0.25) is 10.1 Å². The standard InChI is InChI=1S/C63H100N3O2.HI/c1-7-9-11-13-15-17-19-21-22-23-24-25-26-27-28-30-32-33-38-44-52-64-58-47-43-42-46-56(58)62(3,4)60(64)48-40-36-35-37-41-49-61-63(5,6)57-54-55(66(67)68)50-51-59(57)65(61)53-45-39-34-31-29-20-18-16-14-12-10-8-2;/h35-37,40-43,46-51,54H,7-34,38-39,44-45,52-53H2,1-6H3;1H/q+1;/p-1. The van der Waals surface area contributed by atoms with Crippen molar-refractivity contribution >= 4 is 22.8 Å². The van der Waals surface area contributed by atoms with Crippen molar-refractivity contribution in [1.29, 1.82) is 0 Å². The number of hydrogen-bond acceptors (Lipinski definition) is 3. The number of non-ortho nitro benzene ring substituents is 1. The average Bonchev–Trinajstić information content (AvgIpc) is 3.68. The predicted octanol–water partition coefficient (Wildman–Crippen LogP) is 16.8. The van der Waals surface area contributed by atoms with Crippen LogP contribution in [0.1, 0.15) is 258 Å². The predicted molar refractivity (Wildman–Crippen MR) is 297 cm³/mol. The van der Waals surface area contributed by atoms with E-state index < -0.39 is 0 Å². The van der Waals surface area contributed by atoms with Gasteiger partial charge in [0.05, 0.1) is 10.3 Å². The van der Waals surface area contributed by atoms with Gasteiger partial charge >= 0.3 is 0 Å². The normalized spacial score (nSPS) is 15.6. The Kier molecular flexibility index (Phi) is 30.7. The molecule has 0 aromatic heterocycles. The molecule has 0 unspecified atom stereocenters. The number of unbranched alkanes of at least 4 members (excludes halogenated alkanes) is 30. The summed E-state index contributed by atoms with van der Waals surface area (Å²) in [6, 6.07) is 14.4. The molecule has 0 radical (unpaired) electrons. The summed E-state index contributed by atoms with van der Waals surface area (Å²) in [4.78, 5) is 13.9. The van der Waals surface area contributed by atoms with Crippen molar-refractivity contribution in [3.63, 3.8) is 0 Å². The summed E-state index contributed by atoms with van der Waals surface area (Å²) >= 11 is 0. The van der Waals surface area contributed by atoms with Crippen molar-refractivity contribution in [1.82, 2.24) is 0 Å². The van der Waals surface area contributed by atoms with E-state index in [1.165, 1.54) is 222 Å². The van der Waals surface area contributed by atoms with Crippen LogP contribution in [0.5, 0.6) is 0 Å². The first-order chi connectivity index (χ1) is 33.1. The number of nitro benzene ring substituents is 1. The molecule has 4 rings (SSSR count). The number of benzene rings is 2. The molecule has 2 aliphatic rings. The van der Waals surface area contributed by atoms with E-state index in [1.54, 1.807) is 12.1 Å². The zero-order valence-electron chi connectivity index (χ0n) is 45.2. The van der Waals surface area contributed by atoms with Crippen LogP contribution in [0.25, 0.3) is 0 Å². The molecule has 2 heterocycles. The molecule has 0 aliphatic carbocycles. The Balaban J connectivity index is 0.0000126. The number of anilines is 1. The van der Waals surface area contributed by atoms with Crippen LogP contribution < -0.4 is 28.9 Å². The molecule has 0 fully saturated rings. The van der Waals surface area contributed by atoms with Crippen LogP contribution in [0.15, 0.2) is 90.7 Å². The Morgan fingerprint density at radius 1 is 0.522 bits per heavy atom. The zero-order chi connectivity index (χ0) is 48.7. The lowest BCUT2D eigenvalue weighted by Crippen LogP contribution is -3.00. The van der Waals surface area contributed by atoms with Crippen molar-refractivity contribution in [3.05, 3.63) is 112 Å². The third-order valence-electron chi connectivity index (χ3n) is 15.3. The molecule has 69 heavy (non-hydrogen) atoms. The van der Waals surface area contributed by atoms with Gasteiger partial charge in [-0.05, 0) is 44.4 Å². The summed E-state index contributed by atoms with van der Waals surface area (Å²) in [5.74, 6) is 0. The van der Waals surface area contributed by atoms with Crippen molar-refractivity contribution in [2.45, 2.75) is 258 Å². The molecule has 5 nitrogen and oxygen atoms in total. The largest absolute Gasteiger partial charge is 1.00 e. The Morgan fingerprint density at radius 2 is 0.957 bits per heavy atom. The second kappa shape index (κ2) is 35.2. The van der Waals surface area contributed by atoms with Gasteiger partial charge in [-0.15, -0.1) is 0 Å². The van der Waals surface area contributed by atoms with Gasteiger partial charge in [0.2, 0.25) is 5.69 Å². The minimum absolute atomic E-state index is 0. The molecule has 0 saturated heterocycles. The molecule has 386 valence electrons. The molecular formula is C63H100IN3O2. The van der Waals surface area contributed by atoms with Gasteiger partial charge in [-0.25, -0.2) is 0 Å². The van der Waals surface area contributed by atoms with E-state index in [-0.39, 0.29) is 45.4 Å². The first kappa shape index (κ1) is 60.3. The summed E-state index contributed by atoms with van der Waals surface area (Å²) in [7, 11) is 0. The maximum absolute atomic E-state index is 11.8. The zero-order valence-corrected chi connectivity index (χ0v) is 47.3. The maximum atomic E-state index is 11.8. The highest BCUT2D eigenvalue weighted by molar-refractivity contribution is 6.03. The van der Waals surface area contributed by atoms with Crippen molar-refractivity contribution < 1.29 is 33.5 Å². The van der Waals surface area contributed by atoms with Crippen LogP contribution in [-0.2, 0) is 10.8 Å². The van der Waals surface area contributed by atoms with Crippen LogP contribution in [0.3, 0.4) is 0 Å². The highest BCUT2D eigenvalue weighted by Crippen LogP contribution is 2.49. The van der Waals surface area contributed by atoms with E-state index in [0.29, 0.717) is 0 Å². The van der Waals surface area contributed by atoms with Gasteiger partial charge in [-0.2, -0.15) is 4.58 Å². The summed E-state index contributed by atoms with van der Waals surface area (Å²) in [6.45, 7) is 15.7. The van der Waals surface area contributed by atoms with Crippen molar-refractivity contribution in [2.24, 2.45) is 0 Å². The van der Waals surface area contributed by atoms with E-state index >= 15 is 0 Å². The molecule has 0 spiro atoms. The van der Waals surface area contributed by atoms with Gasteiger partial charge in [0.15, 0.2) is 5.71 Å². The van der Waals surface area contributed by atoms with E-state index in [0.717, 1.165) is 30.8 Å². The number of allylic oxidation sites excluding steroid dienone is 8. The first-order valence-electron chi connectivity index (χ1n) is 28.7. The number of fused-ring (bicyclic) bond motifs is 2. The van der Waals surface area contributed by atoms with Crippen LogP contribution in [0.2, 0.25) is 0 Å². The minimum atomic E-state index is -0.332. The number of hydrogen-bond donors (Lipinski definition) is 0. The number of rotatable bonds is 39. The van der Waals surface area contributed by atoms with Crippen LogP contribution in [-0.4, -0.2) is 28.3 Å². The Bertz CT molecular complexity index is 1890. The Labute approximate surface area is 441 Å². The molecule has 2 aromatic carbocycles. The summed E-state index contributed by atoms with van der Waals surface area (Å²) in [5, 5.41) is 11.8. The second-order valence-electron chi connectivity index (χ2n) is 21.7. The monoisotopic (exact) mass is 1060 g/mol. The van der Waals surface area contributed by atoms with E-state index in [9.17, 15) is 10.1 Å². The van der Waals surface area contributed by atoms with Crippen LogP contribution in [0, 0.1) is 10.1 Å². The fourth-order valence-electron chi connectivity index (χ4n) is 11.0. The molecule has 0 saturated carbocycles. The van der Waals surface area contributed by atoms with Gasteiger partial charge in [0, 0.05) is 59.6 Å². The van der Waals surface area contributed by atoms with E-state index in [4.69, 9.17) is 0 Å². The number of para-hydroxylation sites is 1. The van der Waals surface area contributed by atoms with E-state index in [1.807, 2.05) is 6.07 Å². The highest BCUT2D eigenvalue weighted by Gasteiger charge is 2.44. The molecule has 0 atom stereocenters. The highest BCUT2D eigenvalue weighted by atomic mass is 127. The van der Waals surface area contributed by atoms with Gasteiger partial charge in [0.1, 0.15) is 6.54 Å². The lowest BCUT2D eigenvalue weighted by atomic mass is 9.81.